The smallest absolute Gasteiger partial charge is 0.0988 e. The molecule has 0 atom stereocenters. The molecule has 0 radical (unpaired) electrons. The zero-order chi connectivity index (χ0) is 35.2. The van der Waals surface area contributed by atoms with Crippen molar-refractivity contribution in [2.45, 2.75) is 44.9 Å². The first-order valence-corrected chi connectivity index (χ1v) is 20.1. The summed E-state index contributed by atoms with van der Waals surface area (Å²) in [5, 5.41) is 16.3. The SMILES string of the molecule is Clc1c2ccccc2nc2c3ccccc3n(CCCBr)c12.OC1CCN(CCN2CCCn3c4ccccc4c4nc5ccccc5c2c43)CC1. The molecule has 0 unspecified atom stereocenters. The molecular formula is C43H42BrClN6O. The van der Waals surface area contributed by atoms with Gasteiger partial charge >= 0.3 is 0 Å². The summed E-state index contributed by atoms with van der Waals surface area (Å²) in [4.78, 5) is 15.1. The van der Waals surface area contributed by atoms with Gasteiger partial charge < -0.3 is 24.0 Å². The molecule has 0 amide bonds. The fourth-order valence-electron chi connectivity index (χ4n) is 8.45. The molecule has 10 rings (SSSR count). The lowest BCUT2D eigenvalue weighted by molar-refractivity contribution is 0.0838. The van der Waals surface area contributed by atoms with Crippen molar-refractivity contribution < 1.29 is 5.11 Å². The van der Waals surface area contributed by atoms with E-state index in [2.05, 4.69) is 108 Å². The Hall–Kier alpha value is -4.21. The van der Waals surface area contributed by atoms with Gasteiger partial charge in [0.2, 0.25) is 0 Å². The minimum Gasteiger partial charge on any atom is -0.393 e. The average Bonchev–Trinajstić information content (AvgIpc) is 3.58. The van der Waals surface area contributed by atoms with Crippen LogP contribution in [0.5, 0.6) is 0 Å². The second-order valence-electron chi connectivity index (χ2n) is 14.1. The number of benzene rings is 4. The summed E-state index contributed by atoms with van der Waals surface area (Å²) < 4.78 is 4.80. The molecule has 4 aromatic heterocycles. The minimum absolute atomic E-state index is 0.112. The van der Waals surface area contributed by atoms with Crippen molar-refractivity contribution in [2.24, 2.45) is 0 Å². The number of likely N-dealkylation sites (tertiary alicyclic amines) is 1. The lowest BCUT2D eigenvalue weighted by Gasteiger charge is -2.32. The quantitative estimate of drug-likeness (QED) is 0.171. The molecule has 7 nitrogen and oxygen atoms in total. The van der Waals surface area contributed by atoms with Gasteiger partial charge in [-0.25, -0.2) is 9.97 Å². The number of hydrogen-bond acceptors (Lipinski definition) is 5. The number of hydrogen-bond donors (Lipinski definition) is 1. The monoisotopic (exact) mass is 772 g/mol. The molecule has 4 aromatic carbocycles. The number of aliphatic hydroxyl groups excluding tert-OH is 1. The lowest BCUT2D eigenvalue weighted by atomic mass is 10.1. The van der Waals surface area contributed by atoms with Gasteiger partial charge in [-0.2, -0.15) is 0 Å². The van der Waals surface area contributed by atoms with Gasteiger partial charge in [0.15, 0.2) is 0 Å². The van der Waals surface area contributed by atoms with Gasteiger partial charge in [-0.1, -0.05) is 100 Å². The normalized spacial score (nSPS) is 15.6. The summed E-state index contributed by atoms with van der Waals surface area (Å²) >= 11 is 10.3. The van der Waals surface area contributed by atoms with Crippen molar-refractivity contribution >= 4 is 98.9 Å². The van der Waals surface area contributed by atoms with Crippen molar-refractivity contribution in [3.8, 4) is 0 Å². The zero-order valence-electron chi connectivity index (χ0n) is 29.2. The fourth-order valence-corrected chi connectivity index (χ4v) is 9.05. The predicted octanol–water partition coefficient (Wildman–Crippen LogP) is 9.79. The number of para-hydroxylation sites is 4. The van der Waals surface area contributed by atoms with E-state index in [0.29, 0.717) is 0 Å². The highest BCUT2D eigenvalue weighted by Crippen LogP contribution is 2.41. The standard InChI is InChI=1S/C25H28N4O.C18H14BrClN2/c30-18-10-14-27(15-11-18)16-17-28-12-5-13-29-22-9-4-2-7-20(22)23-25(29)24(28)19-6-1-3-8-21(19)26-23;19-10-5-11-22-15-9-4-2-7-13(15)17-18(22)16(20)12-6-1-3-8-14(12)21-17/h1-4,6-9,18,30H,5,10-17H2;1-4,6-9H,5,10-11H2. The maximum atomic E-state index is 9.83. The Morgan fingerprint density at radius 1 is 0.654 bits per heavy atom. The van der Waals surface area contributed by atoms with Gasteiger partial charge in [-0.05, 0) is 49.9 Å². The fraction of sp³-hybridized carbons (Fsp3) is 0.302. The van der Waals surface area contributed by atoms with Crippen LogP contribution < -0.4 is 4.90 Å². The van der Waals surface area contributed by atoms with Crippen LogP contribution in [0.1, 0.15) is 25.7 Å². The third-order valence-electron chi connectivity index (χ3n) is 11.0. The first kappa shape index (κ1) is 33.6. The van der Waals surface area contributed by atoms with E-state index in [1.54, 1.807) is 0 Å². The molecule has 0 spiro atoms. The van der Waals surface area contributed by atoms with Crippen molar-refractivity contribution in [3.05, 3.63) is 102 Å². The number of alkyl halides is 1. The molecule has 2 aliphatic heterocycles. The van der Waals surface area contributed by atoms with Crippen LogP contribution in [0, 0.1) is 0 Å². The van der Waals surface area contributed by atoms with Gasteiger partial charge in [0, 0.05) is 72.7 Å². The first-order chi connectivity index (χ1) is 25.6. The number of nitrogens with zero attached hydrogens (tertiary/aromatic N) is 6. The molecular weight excluding hydrogens is 732 g/mol. The summed E-state index contributed by atoms with van der Waals surface area (Å²) in [6, 6.07) is 33.8. The summed E-state index contributed by atoms with van der Waals surface area (Å²) in [5.41, 5.74) is 10.3. The Bertz CT molecular complexity index is 2570. The maximum absolute atomic E-state index is 9.83. The van der Waals surface area contributed by atoms with E-state index in [9.17, 15) is 5.11 Å². The van der Waals surface area contributed by atoms with Crippen LogP contribution >= 0.6 is 27.5 Å². The average molecular weight is 774 g/mol. The molecule has 1 N–H and O–H groups in total. The molecule has 9 heteroatoms. The number of pyridine rings is 2. The predicted molar refractivity (Wildman–Crippen MR) is 221 cm³/mol. The van der Waals surface area contributed by atoms with E-state index < -0.39 is 0 Å². The number of halogens is 2. The number of aromatic nitrogens is 4. The van der Waals surface area contributed by atoms with Crippen molar-refractivity contribution in [3.63, 3.8) is 0 Å². The third kappa shape index (κ3) is 5.90. The number of aliphatic hydroxyl groups is 1. The second-order valence-corrected chi connectivity index (χ2v) is 15.3. The third-order valence-corrected chi connectivity index (χ3v) is 11.9. The van der Waals surface area contributed by atoms with Crippen LogP contribution in [0.4, 0.5) is 5.69 Å². The molecule has 0 saturated carbocycles. The summed E-state index contributed by atoms with van der Waals surface area (Å²) in [5.74, 6) is 0. The molecule has 2 aliphatic rings. The molecule has 264 valence electrons. The summed E-state index contributed by atoms with van der Waals surface area (Å²) in [6.45, 7) is 7.09. The van der Waals surface area contributed by atoms with Gasteiger partial charge in [0.25, 0.3) is 0 Å². The minimum atomic E-state index is -0.112. The number of anilines is 1. The van der Waals surface area contributed by atoms with Crippen LogP contribution in [0.2, 0.25) is 5.02 Å². The highest BCUT2D eigenvalue weighted by molar-refractivity contribution is 9.09. The van der Waals surface area contributed by atoms with Crippen molar-refractivity contribution in [1.29, 1.82) is 0 Å². The largest absolute Gasteiger partial charge is 0.393 e. The number of piperidine rings is 1. The molecule has 6 heterocycles. The zero-order valence-corrected chi connectivity index (χ0v) is 31.5. The number of rotatable bonds is 6. The molecule has 52 heavy (non-hydrogen) atoms. The first-order valence-electron chi connectivity index (χ1n) is 18.6. The highest BCUT2D eigenvalue weighted by atomic mass is 79.9. The Morgan fingerprint density at radius 2 is 1.25 bits per heavy atom. The van der Waals surface area contributed by atoms with Crippen LogP contribution in [0.25, 0.3) is 65.7 Å². The number of aryl methyl sites for hydroxylation is 2. The van der Waals surface area contributed by atoms with Crippen LogP contribution in [-0.4, -0.2) is 73.3 Å². The van der Waals surface area contributed by atoms with Crippen LogP contribution in [0.15, 0.2) is 97.1 Å². The Labute approximate surface area is 316 Å². The molecule has 0 bridgehead atoms. The Morgan fingerprint density at radius 3 is 1.98 bits per heavy atom. The van der Waals surface area contributed by atoms with Crippen LogP contribution in [-0.2, 0) is 13.1 Å². The summed E-state index contributed by atoms with van der Waals surface area (Å²) in [7, 11) is 0. The van der Waals surface area contributed by atoms with E-state index >= 15 is 0 Å². The van der Waals surface area contributed by atoms with E-state index in [1.807, 2.05) is 24.3 Å². The second kappa shape index (κ2) is 14.3. The van der Waals surface area contributed by atoms with Gasteiger partial charge in [0.05, 0.1) is 60.9 Å². The van der Waals surface area contributed by atoms with Gasteiger partial charge in [-0.15, -0.1) is 0 Å². The summed E-state index contributed by atoms with van der Waals surface area (Å²) in [6.07, 6.45) is 3.87. The molecule has 0 aliphatic carbocycles. The Balaban J connectivity index is 0.000000145. The van der Waals surface area contributed by atoms with Crippen LogP contribution in [0.3, 0.4) is 0 Å². The van der Waals surface area contributed by atoms with E-state index in [0.717, 1.165) is 115 Å². The number of fused-ring (bicyclic) bond motifs is 9. The van der Waals surface area contributed by atoms with Crippen molar-refractivity contribution in [2.75, 3.05) is 43.0 Å². The lowest BCUT2D eigenvalue weighted by Crippen LogP contribution is -2.41. The van der Waals surface area contributed by atoms with Gasteiger partial charge in [-0.3, -0.25) is 0 Å². The maximum Gasteiger partial charge on any atom is 0.0988 e. The highest BCUT2D eigenvalue weighted by Gasteiger charge is 2.25. The Kier molecular flexibility index (Phi) is 9.25. The van der Waals surface area contributed by atoms with E-state index in [-0.39, 0.29) is 6.10 Å². The van der Waals surface area contributed by atoms with E-state index in [4.69, 9.17) is 21.6 Å². The molecule has 1 saturated heterocycles. The molecule has 1 fully saturated rings. The van der Waals surface area contributed by atoms with E-state index in [1.165, 1.54) is 38.4 Å². The van der Waals surface area contributed by atoms with Crippen molar-refractivity contribution in [1.82, 2.24) is 24.0 Å². The van der Waals surface area contributed by atoms with Gasteiger partial charge in [0.1, 0.15) is 0 Å². The topological polar surface area (TPSA) is 62.4 Å². The molecule has 8 aromatic rings.